The van der Waals surface area contributed by atoms with Gasteiger partial charge >= 0.3 is 0 Å². The molecule has 0 aromatic heterocycles. The summed E-state index contributed by atoms with van der Waals surface area (Å²) in [7, 11) is 0. The van der Waals surface area contributed by atoms with Crippen molar-refractivity contribution in [3.05, 3.63) is 0 Å². The number of likely N-dealkylation sites (tertiary alicyclic amines) is 2. The van der Waals surface area contributed by atoms with Crippen molar-refractivity contribution < 1.29 is 19.1 Å². The van der Waals surface area contributed by atoms with Gasteiger partial charge in [-0.15, -0.1) is 0 Å². The summed E-state index contributed by atoms with van der Waals surface area (Å²) < 4.78 is 11.2. The third-order valence-corrected chi connectivity index (χ3v) is 8.07. The van der Waals surface area contributed by atoms with Gasteiger partial charge in [0.1, 0.15) is 0 Å². The van der Waals surface area contributed by atoms with E-state index in [-0.39, 0.29) is 22.6 Å². The van der Waals surface area contributed by atoms with E-state index >= 15 is 0 Å². The molecule has 1 N–H and O–H groups in total. The Bertz CT molecular complexity index is 634. The Kier molecular flexibility index (Phi) is 4.68. The van der Waals surface area contributed by atoms with Gasteiger partial charge in [0, 0.05) is 63.2 Å². The first-order chi connectivity index (χ1) is 13.5. The van der Waals surface area contributed by atoms with Crippen LogP contribution in [0, 0.1) is 16.2 Å². The minimum absolute atomic E-state index is 0.152. The zero-order valence-electron chi connectivity index (χ0n) is 16.8. The Labute approximate surface area is 167 Å². The number of carbonyl (C=O) groups is 2. The second kappa shape index (κ2) is 6.96. The Morgan fingerprint density at radius 1 is 0.857 bits per heavy atom. The van der Waals surface area contributed by atoms with Gasteiger partial charge in [0.2, 0.25) is 11.8 Å². The van der Waals surface area contributed by atoms with Gasteiger partial charge in [0.25, 0.3) is 0 Å². The van der Waals surface area contributed by atoms with E-state index in [9.17, 15) is 9.59 Å². The molecule has 5 aliphatic rings. The first-order valence-corrected chi connectivity index (χ1v) is 11.0. The van der Waals surface area contributed by atoms with Crippen LogP contribution in [-0.2, 0) is 19.1 Å². The van der Waals surface area contributed by atoms with E-state index in [0.29, 0.717) is 13.0 Å². The van der Waals surface area contributed by atoms with Gasteiger partial charge in [0.05, 0.1) is 18.6 Å². The lowest BCUT2D eigenvalue weighted by molar-refractivity contribution is -0.146. The quantitative estimate of drug-likeness (QED) is 0.764. The molecule has 156 valence electrons. The lowest BCUT2D eigenvalue weighted by Crippen LogP contribution is -2.48. The van der Waals surface area contributed by atoms with Gasteiger partial charge in [-0.05, 0) is 38.6 Å². The molecule has 0 radical (unpaired) electrons. The van der Waals surface area contributed by atoms with Crippen molar-refractivity contribution >= 4 is 11.8 Å². The van der Waals surface area contributed by atoms with E-state index in [1.54, 1.807) is 0 Å². The predicted molar refractivity (Wildman–Crippen MR) is 103 cm³/mol. The summed E-state index contributed by atoms with van der Waals surface area (Å²) in [5, 5.41) is 3.36. The fraction of sp³-hybridized carbons (Fsp3) is 0.905. The number of rotatable bonds is 3. The van der Waals surface area contributed by atoms with Crippen LogP contribution in [0.5, 0.6) is 0 Å². The summed E-state index contributed by atoms with van der Waals surface area (Å²) in [5.74, 6) is 0.340. The largest absolute Gasteiger partial charge is 0.381 e. The van der Waals surface area contributed by atoms with Crippen molar-refractivity contribution in [2.45, 2.75) is 38.5 Å². The van der Waals surface area contributed by atoms with Crippen LogP contribution in [0.4, 0.5) is 0 Å². The molecule has 7 heteroatoms. The topological polar surface area (TPSA) is 71.1 Å². The van der Waals surface area contributed by atoms with E-state index in [4.69, 9.17) is 9.47 Å². The highest BCUT2D eigenvalue weighted by molar-refractivity contribution is 5.90. The van der Waals surface area contributed by atoms with Gasteiger partial charge in [-0.1, -0.05) is 0 Å². The summed E-state index contributed by atoms with van der Waals surface area (Å²) >= 11 is 0. The minimum atomic E-state index is -0.565. The Morgan fingerprint density at radius 2 is 1.50 bits per heavy atom. The molecule has 0 bridgehead atoms. The molecule has 28 heavy (non-hydrogen) atoms. The van der Waals surface area contributed by atoms with Crippen molar-refractivity contribution in [3.8, 4) is 0 Å². The van der Waals surface area contributed by atoms with Gasteiger partial charge in [-0.2, -0.15) is 0 Å². The summed E-state index contributed by atoms with van der Waals surface area (Å²) in [6, 6.07) is 0. The molecule has 5 heterocycles. The van der Waals surface area contributed by atoms with Crippen molar-refractivity contribution in [3.63, 3.8) is 0 Å². The van der Waals surface area contributed by atoms with Crippen LogP contribution in [0.1, 0.15) is 38.5 Å². The molecular formula is C21H33N3O4. The van der Waals surface area contributed by atoms with Crippen LogP contribution in [0.25, 0.3) is 0 Å². The lowest BCUT2D eigenvalue weighted by atomic mass is 9.81. The minimum Gasteiger partial charge on any atom is -0.381 e. The highest BCUT2D eigenvalue weighted by Crippen LogP contribution is 2.43. The maximum absolute atomic E-state index is 13.6. The number of hydrogen-bond donors (Lipinski definition) is 1. The number of nitrogens with one attached hydrogen (secondary N) is 1. The van der Waals surface area contributed by atoms with E-state index in [1.165, 1.54) is 0 Å². The van der Waals surface area contributed by atoms with Gasteiger partial charge in [-0.25, -0.2) is 0 Å². The van der Waals surface area contributed by atoms with E-state index in [2.05, 4.69) is 5.32 Å². The van der Waals surface area contributed by atoms with Gasteiger partial charge in [0.15, 0.2) is 0 Å². The van der Waals surface area contributed by atoms with Crippen molar-refractivity contribution in [2.75, 3.05) is 65.7 Å². The summed E-state index contributed by atoms with van der Waals surface area (Å²) in [5.41, 5.74) is -0.231. The van der Waals surface area contributed by atoms with Crippen LogP contribution in [0.3, 0.4) is 0 Å². The van der Waals surface area contributed by atoms with E-state index in [1.807, 2.05) is 9.80 Å². The molecule has 3 atom stereocenters. The zero-order valence-corrected chi connectivity index (χ0v) is 16.8. The fourth-order valence-electron chi connectivity index (χ4n) is 6.09. The smallest absolute Gasteiger partial charge is 0.230 e. The third-order valence-electron chi connectivity index (χ3n) is 8.07. The molecule has 7 nitrogen and oxygen atoms in total. The molecule has 0 saturated carbocycles. The van der Waals surface area contributed by atoms with E-state index < -0.39 is 5.41 Å². The molecule has 0 aliphatic carbocycles. The predicted octanol–water partition coefficient (Wildman–Crippen LogP) is 0.634. The number of ether oxygens (including phenoxy) is 2. The SMILES string of the molecule is O=C(CC1(C(=O)N2CCC3(CCOC3)C2)CCNC1)N1CCC2(CCOC2)C1. The molecule has 2 amide bonds. The molecule has 2 spiro atoms. The Balaban J connectivity index is 1.26. The Morgan fingerprint density at radius 3 is 2.07 bits per heavy atom. The maximum atomic E-state index is 13.6. The molecule has 5 fully saturated rings. The molecule has 5 saturated heterocycles. The van der Waals surface area contributed by atoms with E-state index in [0.717, 1.165) is 91.3 Å². The summed E-state index contributed by atoms with van der Waals surface area (Å²) in [4.78, 5) is 30.8. The van der Waals surface area contributed by atoms with Crippen LogP contribution < -0.4 is 5.32 Å². The van der Waals surface area contributed by atoms with Crippen LogP contribution in [0.15, 0.2) is 0 Å². The first kappa shape index (κ1) is 18.8. The molecule has 3 unspecified atom stereocenters. The first-order valence-electron chi connectivity index (χ1n) is 11.0. The normalized spacial score (nSPS) is 40.4. The second-order valence-corrected chi connectivity index (χ2v) is 10.0. The standard InChI is InChI=1S/C21H33N3O4/c25-17(23-7-2-19(13-23)4-9-27-15-19)11-21(1-6-22-12-21)18(26)24-8-3-20(14-24)5-10-28-16-20/h22H,1-16H2. The highest BCUT2D eigenvalue weighted by Gasteiger charge is 2.51. The second-order valence-electron chi connectivity index (χ2n) is 10.0. The molecule has 0 aromatic rings. The number of carbonyl (C=O) groups excluding carboxylic acids is 2. The molecule has 5 rings (SSSR count). The molecule has 5 aliphatic heterocycles. The molecular weight excluding hydrogens is 358 g/mol. The van der Waals surface area contributed by atoms with Gasteiger partial charge < -0.3 is 24.6 Å². The summed E-state index contributed by atoms with van der Waals surface area (Å²) in [6.45, 7) is 7.84. The number of nitrogens with zero attached hydrogens (tertiary/aromatic N) is 2. The highest BCUT2D eigenvalue weighted by atomic mass is 16.5. The maximum Gasteiger partial charge on any atom is 0.230 e. The van der Waals surface area contributed by atoms with Crippen LogP contribution in [-0.4, -0.2) is 87.3 Å². The Hall–Kier alpha value is -1.18. The zero-order chi connectivity index (χ0) is 19.2. The number of amides is 2. The van der Waals surface area contributed by atoms with Crippen molar-refractivity contribution in [1.82, 2.24) is 15.1 Å². The lowest BCUT2D eigenvalue weighted by Gasteiger charge is -2.33. The monoisotopic (exact) mass is 391 g/mol. The van der Waals surface area contributed by atoms with Crippen molar-refractivity contribution in [2.24, 2.45) is 16.2 Å². The average molecular weight is 392 g/mol. The van der Waals surface area contributed by atoms with Gasteiger partial charge in [-0.3, -0.25) is 9.59 Å². The molecule has 0 aromatic carbocycles. The summed E-state index contributed by atoms with van der Waals surface area (Å²) in [6.07, 6.45) is 5.28. The average Bonchev–Trinajstić information content (AvgIpc) is 3.50. The van der Waals surface area contributed by atoms with Crippen molar-refractivity contribution in [1.29, 1.82) is 0 Å². The number of hydrogen-bond acceptors (Lipinski definition) is 5. The fourth-order valence-corrected chi connectivity index (χ4v) is 6.09. The third kappa shape index (κ3) is 3.15. The van der Waals surface area contributed by atoms with Crippen LogP contribution >= 0.6 is 0 Å². The van der Waals surface area contributed by atoms with Crippen LogP contribution in [0.2, 0.25) is 0 Å².